The molecule has 1 heterocycles. The molecule has 0 unspecified atom stereocenters. The Hall–Kier alpha value is -2.10. The van der Waals surface area contributed by atoms with Crippen molar-refractivity contribution in [3.05, 3.63) is 42.1 Å². The average molecular weight is 256 g/mol. The van der Waals surface area contributed by atoms with Crippen LogP contribution in [0.4, 0.5) is 0 Å². The van der Waals surface area contributed by atoms with Crippen LogP contribution in [0.5, 0.6) is 0 Å². The zero-order valence-electron chi connectivity index (χ0n) is 10.9. The van der Waals surface area contributed by atoms with E-state index in [0.717, 1.165) is 16.8 Å². The van der Waals surface area contributed by atoms with E-state index >= 15 is 0 Å². The van der Waals surface area contributed by atoms with Crippen molar-refractivity contribution in [2.75, 3.05) is 0 Å². The monoisotopic (exact) mass is 256 g/mol. The van der Waals surface area contributed by atoms with Gasteiger partial charge in [-0.25, -0.2) is 0 Å². The highest BCUT2D eigenvalue weighted by atomic mass is 16.4. The second kappa shape index (κ2) is 3.95. The van der Waals surface area contributed by atoms with Gasteiger partial charge >= 0.3 is 5.97 Å². The summed E-state index contributed by atoms with van der Waals surface area (Å²) in [7, 11) is 0. The predicted molar refractivity (Wildman–Crippen MR) is 71.7 cm³/mol. The fourth-order valence-corrected chi connectivity index (χ4v) is 3.05. The molecular weight excluding hydrogens is 240 g/mol. The quantitative estimate of drug-likeness (QED) is 0.887. The summed E-state index contributed by atoms with van der Waals surface area (Å²) < 4.78 is 0. The summed E-state index contributed by atoms with van der Waals surface area (Å²) in [5, 5.41) is 16.4. The third-order valence-electron chi connectivity index (χ3n) is 4.16. The Balaban J connectivity index is 2.01. The fourth-order valence-electron chi connectivity index (χ4n) is 3.05. The molecule has 1 aliphatic carbocycles. The molecule has 1 aromatic heterocycles. The molecule has 2 atom stereocenters. The lowest BCUT2D eigenvalue weighted by Crippen LogP contribution is -2.03. The Morgan fingerprint density at radius 2 is 2.00 bits per heavy atom. The molecule has 1 saturated carbocycles. The molecule has 0 radical (unpaired) electrons. The lowest BCUT2D eigenvalue weighted by molar-refractivity contribution is -0.139. The molecule has 0 saturated heterocycles. The summed E-state index contributed by atoms with van der Waals surface area (Å²) in [5.74, 6) is -1.03. The van der Waals surface area contributed by atoms with Gasteiger partial charge in [0.05, 0.1) is 17.8 Å². The highest BCUT2D eigenvalue weighted by Gasteiger charge is 2.63. The van der Waals surface area contributed by atoms with Crippen LogP contribution in [0, 0.1) is 11.3 Å². The highest BCUT2D eigenvalue weighted by molar-refractivity contribution is 5.79. The number of aromatic amines is 1. The summed E-state index contributed by atoms with van der Waals surface area (Å²) in [6.45, 7) is 4.00. The van der Waals surface area contributed by atoms with E-state index in [2.05, 4.69) is 10.2 Å². The Labute approximate surface area is 111 Å². The number of aromatic nitrogens is 2. The van der Waals surface area contributed by atoms with E-state index in [1.54, 1.807) is 6.20 Å². The molecule has 1 aromatic carbocycles. The summed E-state index contributed by atoms with van der Waals surface area (Å²) in [6.07, 6.45) is 1.76. The van der Waals surface area contributed by atoms with Crippen LogP contribution >= 0.6 is 0 Å². The van der Waals surface area contributed by atoms with Crippen LogP contribution in [-0.2, 0) is 4.79 Å². The highest BCUT2D eigenvalue weighted by Crippen LogP contribution is 2.65. The number of carboxylic acids is 1. The van der Waals surface area contributed by atoms with E-state index in [-0.39, 0.29) is 17.3 Å². The number of hydrogen-bond acceptors (Lipinski definition) is 2. The fraction of sp³-hybridized carbons (Fsp3) is 0.333. The summed E-state index contributed by atoms with van der Waals surface area (Å²) in [4.78, 5) is 11.3. The number of rotatable bonds is 3. The van der Waals surface area contributed by atoms with Gasteiger partial charge < -0.3 is 5.11 Å². The second-order valence-electron chi connectivity index (χ2n) is 5.68. The lowest BCUT2D eigenvalue weighted by atomic mass is 10.0. The van der Waals surface area contributed by atoms with E-state index in [9.17, 15) is 9.90 Å². The number of carbonyl (C=O) groups is 1. The van der Waals surface area contributed by atoms with E-state index in [1.165, 1.54) is 0 Å². The molecule has 0 amide bonds. The molecule has 1 aliphatic rings. The van der Waals surface area contributed by atoms with Gasteiger partial charge in [0, 0.05) is 11.5 Å². The molecular formula is C15H16N2O2. The third kappa shape index (κ3) is 1.75. The van der Waals surface area contributed by atoms with Gasteiger partial charge in [-0.3, -0.25) is 9.89 Å². The second-order valence-corrected chi connectivity index (χ2v) is 5.68. The Morgan fingerprint density at radius 3 is 2.58 bits per heavy atom. The molecule has 1 fully saturated rings. The largest absolute Gasteiger partial charge is 0.481 e. The van der Waals surface area contributed by atoms with Crippen molar-refractivity contribution >= 4 is 5.97 Å². The molecule has 3 rings (SSSR count). The maximum absolute atomic E-state index is 11.3. The smallest absolute Gasteiger partial charge is 0.307 e. The van der Waals surface area contributed by atoms with Gasteiger partial charge in [0.1, 0.15) is 0 Å². The number of carboxylic acid groups (broad SMARTS) is 1. The standard InChI is InChI=1S/C15H16N2O2/c1-15(2)11(12(15)14(18)19)10-8-16-17-13(10)9-6-4-3-5-7-9/h3-8,11-12H,1-2H3,(H,16,17)(H,18,19)/t11-,12+/m1/s1. The van der Waals surface area contributed by atoms with Gasteiger partial charge in [-0.05, 0) is 11.0 Å². The van der Waals surface area contributed by atoms with Crippen molar-refractivity contribution in [2.24, 2.45) is 11.3 Å². The maximum Gasteiger partial charge on any atom is 0.307 e. The minimum atomic E-state index is -0.727. The van der Waals surface area contributed by atoms with Crippen LogP contribution in [0.15, 0.2) is 36.5 Å². The van der Waals surface area contributed by atoms with Gasteiger partial charge in [-0.15, -0.1) is 0 Å². The van der Waals surface area contributed by atoms with Gasteiger partial charge in [0.2, 0.25) is 0 Å². The molecule has 19 heavy (non-hydrogen) atoms. The summed E-state index contributed by atoms with van der Waals surface area (Å²) >= 11 is 0. The zero-order valence-corrected chi connectivity index (χ0v) is 10.9. The number of nitrogens with zero attached hydrogens (tertiary/aromatic N) is 1. The number of benzene rings is 1. The first-order chi connectivity index (χ1) is 9.03. The molecule has 98 valence electrons. The normalized spacial score (nSPS) is 24.1. The first-order valence-corrected chi connectivity index (χ1v) is 6.35. The number of aliphatic carboxylic acids is 1. The van der Waals surface area contributed by atoms with Gasteiger partial charge in [-0.2, -0.15) is 5.10 Å². The number of H-pyrrole nitrogens is 1. The molecule has 4 nitrogen and oxygen atoms in total. The van der Waals surface area contributed by atoms with E-state index in [0.29, 0.717) is 0 Å². The van der Waals surface area contributed by atoms with Gasteiger partial charge in [0.25, 0.3) is 0 Å². The van der Waals surface area contributed by atoms with Crippen LogP contribution in [0.2, 0.25) is 0 Å². The lowest BCUT2D eigenvalue weighted by Gasteiger charge is -2.04. The SMILES string of the molecule is CC1(C)[C@H](C(=O)O)[C@H]1c1cn[nH]c1-c1ccccc1. The average Bonchev–Trinajstić information content (AvgIpc) is 2.75. The maximum atomic E-state index is 11.3. The van der Waals surface area contributed by atoms with Crippen molar-refractivity contribution in [2.45, 2.75) is 19.8 Å². The van der Waals surface area contributed by atoms with Crippen LogP contribution in [0.3, 0.4) is 0 Å². The molecule has 0 bridgehead atoms. The third-order valence-corrected chi connectivity index (χ3v) is 4.16. The Kier molecular flexibility index (Phi) is 2.49. The van der Waals surface area contributed by atoms with E-state index < -0.39 is 5.97 Å². The van der Waals surface area contributed by atoms with Crippen molar-refractivity contribution in [1.29, 1.82) is 0 Å². The first kappa shape index (κ1) is 12.0. The molecule has 4 heteroatoms. The Bertz CT molecular complexity index is 616. The topological polar surface area (TPSA) is 66.0 Å². The predicted octanol–water partition coefficient (Wildman–Crippen LogP) is 2.90. The summed E-state index contributed by atoms with van der Waals surface area (Å²) in [5.41, 5.74) is 2.77. The van der Waals surface area contributed by atoms with Gasteiger partial charge in [-0.1, -0.05) is 44.2 Å². The van der Waals surface area contributed by atoms with Crippen molar-refractivity contribution in [3.8, 4) is 11.3 Å². The van der Waals surface area contributed by atoms with Crippen LogP contribution in [0.25, 0.3) is 11.3 Å². The molecule has 0 aliphatic heterocycles. The molecule has 2 aromatic rings. The number of nitrogens with one attached hydrogen (secondary N) is 1. The summed E-state index contributed by atoms with van der Waals surface area (Å²) in [6, 6.07) is 9.89. The van der Waals surface area contributed by atoms with Crippen molar-refractivity contribution in [1.82, 2.24) is 10.2 Å². The van der Waals surface area contributed by atoms with Crippen molar-refractivity contribution < 1.29 is 9.90 Å². The molecule has 2 N–H and O–H groups in total. The minimum absolute atomic E-state index is 0.0268. The van der Waals surface area contributed by atoms with Crippen molar-refractivity contribution in [3.63, 3.8) is 0 Å². The number of hydrogen-bond donors (Lipinski definition) is 2. The zero-order chi connectivity index (χ0) is 13.6. The minimum Gasteiger partial charge on any atom is -0.481 e. The molecule has 0 spiro atoms. The van der Waals surface area contributed by atoms with Crippen LogP contribution < -0.4 is 0 Å². The Morgan fingerprint density at radius 1 is 1.32 bits per heavy atom. The first-order valence-electron chi connectivity index (χ1n) is 6.35. The van der Waals surface area contributed by atoms with Gasteiger partial charge in [0.15, 0.2) is 0 Å². The van der Waals surface area contributed by atoms with Crippen LogP contribution in [0.1, 0.15) is 25.3 Å². The van der Waals surface area contributed by atoms with Crippen LogP contribution in [-0.4, -0.2) is 21.3 Å². The van der Waals surface area contributed by atoms with E-state index in [1.807, 2.05) is 44.2 Å². The van der Waals surface area contributed by atoms with E-state index in [4.69, 9.17) is 0 Å².